The fraction of sp³-hybridized carbons (Fsp3) is 0.571. The molecule has 0 unspecified atom stereocenters. The van der Waals surface area contributed by atoms with Crippen LogP contribution in [0.5, 0.6) is 0 Å². The Morgan fingerprint density at radius 2 is 1.32 bits per heavy atom. The molecule has 0 aliphatic rings. The van der Waals surface area contributed by atoms with E-state index in [1.165, 1.54) is 31.4 Å². The molecule has 0 saturated heterocycles. The van der Waals surface area contributed by atoms with Crippen molar-refractivity contribution in [3.8, 4) is 0 Å². The average molecular weight is 352 g/mol. The molecule has 0 saturated carbocycles. The van der Waals surface area contributed by atoms with E-state index < -0.39 is 15.2 Å². The highest BCUT2D eigenvalue weighted by atomic mass is 31.2. The molecule has 0 atom stereocenters. The van der Waals surface area contributed by atoms with Gasteiger partial charge >= 0.3 is 15.2 Å². The van der Waals surface area contributed by atoms with Crippen LogP contribution in [0.15, 0.2) is 30.3 Å². The molecule has 1 aromatic rings. The fourth-order valence-electron chi connectivity index (χ4n) is 1.72. The minimum absolute atomic E-state index is 0.0547. The van der Waals surface area contributed by atoms with Gasteiger partial charge < -0.3 is 19.6 Å². The lowest BCUT2D eigenvalue weighted by Gasteiger charge is -2.02. The van der Waals surface area contributed by atoms with Crippen molar-refractivity contribution < 1.29 is 28.7 Å². The van der Waals surface area contributed by atoms with E-state index >= 15 is 0 Å². The van der Waals surface area contributed by atoms with Gasteiger partial charge in [-0.25, -0.2) is 0 Å². The highest BCUT2D eigenvalue weighted by molar-refractivity contribution is 7.60. The second kappa shape index (κ2) is 11.1. The van der Waals surface area contributed by atoms with E-state index in [0.717, 1.165) is 12.8 Å². The zero-order valence-electron chi connectivity index (χ0n) is 12.8. The Labute approximate surface area is 131 Å². The van der Waals surface area contributed by atoms with Gasteiger partial charge in [-0.15, -0.1) is 0 Å². The number of benzene rings is 1. The van der Waals surface area contributed by atoms with Crippen LogP contribution in [-0.4, -0.2) is 25.7 Å². The van der Waals surface area contributed by atoms with Gasteiger partial charge in [-0.05, 0) is 18.6 Å². The SMILES string of the molecule is CCCCCCCCP(=O)(O)O.O=P(O)(O)c1ccccc1. The molecule has 0 fully saturated rings. The number of hydrogen-bond donors (Lipinski definition) is 4. The van der Waals surface area contributed by atoms with Crippen LogP contribution in [0.4, 0.5) is 0 Å². The Balaban J connectivity index is 0.000000406. The molecule has 0 amide bonds. The van der Waals surface area contributed by atoms with E-state index in [2.05, 4.69) is 6.92 Å². The second-order valence-electron chi connectivity index (χ2n) is 5.04. The minimum Gasteiger partial charge on any atom is -0.324 e. The normalized spacial score (nSPS) is 11.7. The molecule has 0 bridgehead atoms. The van der Waals surface area contributed by atoms with Crippen LogP contribution in [0.25, 0.3) is 0 Å². The largest absolute Gasteiger partial charge is 0.356 e. The molecule has 6 nitrogen and oxygen atoms in total. The predicted octanol–water partition coefficient (Wildman–Crippen LogP) is 3.01. The maximum Gasteiger partial charge on any atom is 0.356 e. The number of unbranched alkanes of at least 4 members (excludes halogenated alkanes) is 5. The zero-order chi connectivity index (χ0) is 17.1. The molecule has 128 valence electrons. The van der Waals surface area contributed by atoms with Crippen LogP contribution in [0.3, 0.4) is 0 Å². The highest BCUT2D eigenvalue weighted by Gasteiger charge is 2.14. The van der Waals surface area contributed by atoms with E-state index in [9.17, 15) is 9.13 Å². The Morgan fingerprint density at radius 3 is 1.73 bits per heavy atom. The molecule has 22 heavy (non-hydrogen) atoms. The van der Waals surface area contributed by atoms with Crippen molar-refractivity contribution in [1.82, 2.24) is 0 Å². The Kier molecular flexibility index (Phi) is 10.9. The van der Waals surface area contributed by atoms with Gasteiger partial charge in [0.2, 0.25) is 0 Å². The van der Waals surface area contributed by atoms with Crippen LogP contribution < -0.4 is 5.30 Å². The first-order valence-corrected chi connectivity index (χ1v) is 10.7. The van der Waals surface area contributed by atoms with Crippen LogP contribution in [0.2, 0.25) is 0 Å². The summed E-state index contributed by atoms with van der Waals surface area (Å²) in [6, 6.07) is 7.70. The third-order valence-electron chi connectivity index (χ3n) is 2.90. The maximum atomic E-state index is 10.5. The monoisotopic (exact) mass is 352 g/mol. The van der Waals surface area contributed by atoms with Crippen molar-refractivity contribution in [2.24, 2.45) is 0 Å². The van der Waals surface area contributed by atoms with Gasteiger partial charge in [-0.1, -0.05) is 57.2 Å². The van der Waals surface area contributed by atoms with Crippen LogP contribution >= 0.6 is 15.2 Å². The molecule has 4 N–H and O–H groups in total. The summed E-state index contributed by atoms with van der Waals surface area (Å²) in [7, 11) is -7.74. The Hall–Kier alpha value is -0.480. The second-order valence-corrected chi connectivity index (χ2v) is 8.42. The van der Waals surface area contributed by atoms with Crippen molar-refractivity contribution in [3.63, 3.8) is 0 Å². The zero-order valence-corrected chi connectivity index (χ0v) is 14.6. The van der Waals surface area contributed by atoms with E-state index in [-0.39, 0.29) is 11.5 Å². The van der Waals surface area contributed by atoms with E-state index in [1.807, 2.05) is 0 Å². The minimum atomic E-state index is -4.02. The van der Waals surface area contributed by atoms with Gasteiger partial charge in [0.15, 0.2) is 0 Å². The molecule has 8 heteroatoms. The summed E-state index contributed by atoms with van der Waals surface area (Å²) in [6.45, 7) is 2.15. The smallest absolute Gasteiger partial charge is 0.324 e. The third-order valence-corrected chi connectivity index (χ3v) is 4.77. The summed E-state index contributed by atoms with van der Waals surface area (Å²) >= 11 is 0. The van der Waals surface area contributed by atoms with Crippen LogP contribution in [0.1, 0.15) is 45.4 Å². The Bertz CT molecular complexity index is 479. The third kappa shape index (κ3) is 13.2. The summed E-state index contributed by atoms with van der Waals surface area (Å²) < 4.78 is 20.9. The standard InChI is InChI=1S/C8H19O3P.C6H7O3P/c1-2-3-4-5-6-7-8-12(9,10)11;7-10(8,9)6-4-2-1-3-5-6/h2-8H2,1H3,(H2,9,10,11);1-5H,(H2,7,8,9). The molecule has 1 aromatic carbocycles. The summed E-state index contributed by atoms with van der Waals surface area (Å²) in [6.07, 6.45) is 6.40. The van der Waals surface area contributed by atoms with Crippen LogP contribution in [-0.2, 0) is 9.13 Å². The van der Waals surface area contributed by atoms with Gasteiger partial charge in [0.1, 0.15) is 0 Å². The average Bonchev–Trinajstić information content (AvgIpc) is 2.42. The van der Waals surface area contributed by atoms with E-state index in [1.54, 1.807) is 18.2 Å². The molecule has 0 aliphatic carbocycles. The van der Waals surface area contributed by atoms with Crippen molar-refractivity contribution in [2.75, 3.05) is 6.16 Å². The summed E-state index contributed by atoms with van der Waals surface area (Å²) in [5, 5.41) is 0.0648. The lowest BCUT2D eigenvalue weighted by Crippen LogP contribution is -2.01. The molecule has 1 rings (SSSR count). The summed E-state index contributed by atoms with van der Waals surface area (Å²) in [5.41, 5.74) is 0. The quantitative estimate of drug-likeness (QED) is 0.422. The van der Waals surface area contributed by atoms with Gasteiger partial charge in [-0.3, -0.25) is 9.13 Å². The molecule has 0 spiro atoms. The summed E-state index contributed by atoms with van der Waals surface area (Å²) in [5.74, 6) is 0. The lowest BCUT2D eigenvalue weighted by atomic mass is 10.1. The first-order valence-electron chi connectivity index (χ1n) is 7.32. The van der Waals surface area contributed by atoms with Crippen molar-refractivity contribution >= 4 is 20.5 Å². The molecular weight excluding hydrogens is 326 g/mol. The highest BCUT2D eigenvalue weighted by Crippen LogP contribution is 2.35. The first-order chi connectivity index (χ1) is 10.2. The number of hydrogen-bond acceptors (Lipinski definition) is 2. The van der Waals surface area contributed by atoms with E-state index in [0.29, 0.717) is 6.42 Å². The van der Waals surface area contributed by atoms with Crippen molar-refractivity contribution in [3.05, 3.63) is 30.3 Å². The molecule has 0 heterocycles. The Morgan fingerprint density at radius 1 is 0.818 bits per heavy atom. The van der Waals surface area contributed by atoms with Crippen LogP contribution in [0, 0.1) is 0 Å². The van der Waals surface area contributed by atoms with Gasteiger partial charge in [0.05, 0.1) is 5.30 Å². The number of rotatable bonds is 8. The topological polar surface area (TPSA) is 115 Å². The maximum absolute atomic E-state index is 10.5. The lowest BCUT2D eigenvalue weighted by molar-refractivity contribution is 0.370. The summed E-state index contributed by atoms with van der Waals surface area (Å²) in [4.78, 5) is 34.3. The molecular formula is C14H26O6P2. The van der Waals surface area contributed by atoms with Gasteiger partial charge in [0, 0.05) is 6.16 Å². The van der Waals surface area contributed by atoms with E-state index in [4.69, 9.17) is 19.6 Å². The molecule has 0 aromatic heterocycles. The van der Waals surface area contributed by atoms with Gasteiger partial charge in [-0.2, -0.15) is 0 Å². The molecule has 0 radical (unpaired) electrons. The first kappa shape index (κ1) is 21.5. The predicted molar refractivity (Wildman–Crippen MR) is 88.4 cm³/mol. The molecule has 0 aliphatic heterocycles. The van der Waals surface area contributed by atoms with Crippen molar-refractivity contribution in [2.45, 2.75) is 45.4 Å². The van der Waals surface area contributed by atoms with Crippen molar-refractivity contribution in [1.29, 1.82) is 0 Å². The fourth-order valence-corrected chi connectivity index (χ4v) is 2.92. The van der Waals surface area contributed by atoms with Gasteiger partial charge in [0.25, 0.3) is 0 Å².